The number of Topliss-reactive ketones (excluding diaryl/α,β-unsaturated/α-hetero) is 1. The quantitative estimate of drug-likeness (QED) is 0.726. The van der Waals surface area contributed by atoms with Gasteiger partial charge in [-0.05, 0) is 56.1 Å². The van der Waals surface area contributed by atoms with Gasteiger partial charge >= 0.3 is 0 Å². The summed E-state index contributed by atoms with van der Waals surface area (Å²) >= 11 is 6.34. The molecular weight excluding hydrogens is 258 g/mol. The number of hydrogen-bond donors (Lipinski definition) is 0. The van der Waals surface area contributed by atoms with E-state index in [1.807, 2.05) is 6.07 Å². The number of halogens is 1. The van der Waals surface area contributed by atoms with Crippen molar-refractivity contribution < 1.29 is 4.79 Å². The Morgan fingerprint density at radius 3 is 3.11 bits per heavy atom. The summed E-state index contributed by atoms with van der Waals surface area (Å²) in [5, 5.41) is 0.242. The minimum absolute atomic E-state index is 0.203. The summed E-state index contributed by atoms with van der Waals surface area (Å²) < 4.78 is 0. The zero-order valence-corrected chi connectivity index (χ0v) is 12.1. The van der Waals surface area contributed by atoms with Crippen LogP contribution < -0.4 is 0 Å². The second-order valence-electron chi connectivity index (χ2n) is 5.96. The van der Waals surface area contributed by atoms with Crippen LogP contribution in [0.2, 0.25) is 0 Å². The Kier molecular flexibility index (Phi) is 3.38. The van der Waals surface area contributed by atoms with Gasteiger partial charge in [0.2, 0.25) is 0 Å². The molecular formula is C16H20ClNO. The van der Waals surface area contributed by atoms with Crippen molar-refractivity contribution in [1.82, 2.24) is 4.98 Å². The van der Waals surface area contributed by atoms with Gasteiger partial charge in [-0.2, -0.15) is 0 Å². The predicted octanol–water partition coefficient (Wildman–Crippen LogP) is 4.01. The van der Waals surface area contributed by atoms with Crippen LogP contribution in [0.15, 0.2) is 18.3 Å². The molecule has 1 aromatic heterocycles. The first-order valence-corrected chi connectivity index (χ1v) is 7.74. The van der Waals surface area contributed by atoms with E-state index in [1.54, 1.807) is 6.20 Å². The van der Waals surface area contributed by atoms with Crippen molar-refractivity contribution in [3.63, 3.8) is 0 Å². The third-order valence-electron chi connectivity index (χ3n) is 5.18. The second kappa shape index (κ2) is 4.90. The number of ketones is 1. The number of rotatable bonds is 1. The van der Waals surface area contributed by atoms with Gasteiger partial charge in [0.05, 0.1) is 0 Å². The van der Waals surface area contributed by atoms with Crippen molar-refractivity contribution >= 4 is 17.4 Å². The SMILES string of the molecule is CCC12CCC(Cl)CC1CCc1cccnc1C2=O. The highest BCUT2D eigenvalue weighted by Crippen LogP contribution is 2.50. The Morgan fingerprint density at radius 2 is 2.32 bits per heavy atom. The van der Waals surface area contributed by atoms with Gasteiger partial charge in [-0.3, -0.25) is 9.78 Å². The van der Waals surface area contributed by atoms with Gasteiger partial charge in [0.1, 0.15) is 5.69 Å². The number of aryl methyl sites for hydroxylation is 1. The highest BCUT2D eigenvalue weighted by atomic mass is 35.5. The largest absolute Gasteiger partial charge is 0.292 e. The maximum atomic E-state index is 13.0. The van der Waals surface area contributed by atoms with Crippen LogP contribution in [-0.4, -0.2) is 16.1 Å². The minimum atomic E-state index is -0.203. The van der Waals surface area contributed by atoms with Crippen LogP contribution in [0.4, 0.5) is 0 Å². The molecule has 0 radical (unpaired) electrons. The van der Waals surface area contributed by atoms with Gasteiger partial charge in [0, 0.05) is 17.0 Å². The third-order valence-corrected chi connectivity index (χ3v) is 5.57. The summed E-state index contributed by atoms with van der Waals surface area (Å²) in [6, 6.07) is 3.99. The normalized spacial score (nSPS) is 34.3. The summed E-state index contributed by atoms with van der Waals surface area (Å²) in [5.74, 6) is 0.701. The fourth-order valence-corrected chi connectivity index (χ4v) is 4.32. The lowest BCUT2D eigenvalue weighted by Gasteiger charge is -2.43. The third kappa shape index (κ3) is 2.01. The van der Waals surface area contributed by atoms with Crippen molar-refractivity contribution in [3.8, 4) is 0 Å². The fourth-order valence-electron chi connectivity index (χ4n) is 4.00. The van der Waals surface area contributed by atoms with Gasteiger partial charge < -0.3 is 0 Å². The van der Waals surface area contributed by atoms with E-state index in [0.29, 0.717) is 5.92 Å². The summed E-state index contributed by atoms with van der Waals surface area (Å²) in [7, 11) is 0. The Balaban J connectivity index is 2.07. The van der Waals surface area contributed by atoms with Crippen molar-refractivity contribution in [3.05, 3.63) is 29.6 Å². The molecule has 0 aliphatic heterocycles. The Bertz CT molecular complexity index is 501. The van der Waals surface area contributed by atoms with E-state index in [2.05, 4.69) is 18.0 Å². The molecule has 0 saturated heterocycles. The summed E-state index contributed by atoms with van der Waals surface area (Å²) in [4.78, 5) is 17.4. The number of alkyl halides is 1. The Labute approximate surface area is 119 Å². The lowest BCUT2D eigenvalue weighted by atomic mass is 9.61. The van der Waals surface area contributed by atoms with Crippen molar-refractivity contribution in [2.75, 3.05) is 0 Å². The maximum absolute atomic E-state index is 13.0. The summed E-state index contributed by atoms with van der Waals surface area (Å²) in [6.07, 6.45) is 7.56. The first-order valence-electron chi connectivity index (χ1n) is 7.30. The fraction of sp³-hybridized carbons (Fsp3) is 0.625. The van der Waals surface area contributed by atoms with E-state index in [0.717, 1.165) is 49.8 Å². The molecule has 0 spiro atoms. The van der Waals surface area contributed by atoms with Crippen LogP contribution in [0.5, 0.6) is 0 Å². The standard InChI is InChI=1S/C16H20ClNO/c1-2-16-8-7-13(17)10-12(16)6-5-11-4-3-9-18-14(11)15(16)19/h3-4,9,12-13H,2,5-8,10H2,1H3. The number of carbonyl (C=O) groups excluding carboxylic acids is 1. The van der Waals surface area contributed by atoms with Gasteiger partial charge in [0.15, 0.2) is 5.78 Å². The average molecular weight is 278 g/mol. The van der Waals surface area contributed by atoms with Crippen LogP contribution in [-0.2, 0) is 6.42 Å². The van der Waals surface area contributed by atoms with Crippen LogP contribution in [0, 0.1) is 11.3 Å². The van der Waals surface area contributed by atoms with Crippen molar-refractivity contribution in [1.29, 1.82) is 0 Å². The van der Waals surface area contributed by atoms with E-state index in [-0.39, 0.29) is 16.6 Å². The van der Waals surface area contributed by atoms with E-state index in [1.165, 1.54) is 0 Å². The highest BCUT2D eigenvalue weighted by molar-refractivity contribution is 6.20. The number of aromatic nitrogens is 1. The smallest absolute Gasteiger partial charge is 0.187 e. The van der Waals surface area contributed by atoms with Crippen molar-refractivity contribution in [2.24, 2.45) is 11.3 Å². The monoisotopic (exact) mass is 277 g/mol. The molecule has 1 saturated carbocycles. The number of pyridine rings is 1. The Hall–Kier alpha value is -0.890. The number of fused-ring (bicyclic) bond motifs is 2. The van der Waals surface area contributed by atoms with Crippen LogP contribution in [0.1, 0.15) is 55.1 Å². The molecule has 1 fully saturated rings. The summed E-state index contributed by atoms with van der Waals surface area (Å²) in [5.41, 5.74) is 1.64. The maximum Gasteiger partial charge on any atom is 0.187 e. The molecule has 3 rings (SSSR count). The van der Waals surface area contributed by atoms with E-state index >= 15 is 0 Å². The van der Waals surface area contributed by atoms with Crippen LogP contribution in [0.3, 0.4) is 0 Å². The average Bonchev–Trinajstić information content (AvgIpc) is 2.56. The topological polar surface area (TPSA) is 30.0 Å². The first-order chi connectivity index (χ1) is 9.17. The zero-order valence-electron chi connectivity index (χ0n) is 11.4. The van der Waals surface area contributed by atoms with Crippen LogP contribution >= 0.6 is 11.6 Å². The molecule has 102 valence electrons. The van der Waals surface area contributed by atoms with E-state index in [4.69, 9.17) is 11.6 Å². The molecule has 1 heterocycles. The molecule has 2 nitrogen and oxygen atoms in total. The molecule has 3 atom stereocenters. The first kappa shape index (κ1) is 13.1. The number of carbonyl (C=O) groups is 1. The lowest BCUT2D eigenvalue weighted by molar-refractivity contribution is 0.0508. The van der Waals surface area contributed by atoms with Gasteiger partial charge in [-0.25, -0.2) is 0 Å². The molecule has 1 aromatic rings. The minimum Gasteiger partial charge on any atom is -0.292 e. The van der Waals surface area contributed by atoms with Crippen LogP contribution in [0.25, 0.3) is 0 Å². The van der Waals surface area contributed by atoms with Crippen molar-refractivity contribution in [2.45, 2.75) is 50.8 Å². The lowest BCUT2D eigenvalue weighted by Crippen LogP contribution is -2.42. The molecule has 0 aromatic carbocycles. The molecule has 0 N–H and O–H groups in total. The second-order valence-corrected chi connectivity index (χ2v) is 6.57. The van der Waals surface area contributed by atoms with E-state index < -0.39 is 0 Å². The van der Waals surface area contributed by atoms with Gasteiger partial charge in [-0.1, -0.05) is 13.0 Å². The highest BCUT2D eigenvalue weighted by Gasteiger charge is 2.49. The molecule has 2 aliphatic carbocycles. The Morgan fingerprint density at radius 1 is 1.47 bits per heavy atom. The molecule has 3 unspecified atom stereocenters. The van der Waals surface area contributed by atoms with E-state index in [9.17, 15) is 4.79 Å². The van der Waals surface area contributed by atoms with Gasteiger partial charge in [0.25, 0.3) is 0 Å². The molecule has 2 aliphatic rings. The molecule has 19 heavy (non-hydrogen) atoms. The summed E-state index contributed by atoms with van der Waals surface area (Å²) in [6.45, 7) is 2.15. The van der Waals surface area contributed by atoms with Gasteiger partial charge in [-0.15, -0.1) is 11.6 Å². The molecule has 0 amide bonds. The predicted molar refractivity (Wildman–Crippen MR) is 76.6 cm³/mol. The number of nitrogens with zero attached hydrogens (tertiary/aromatic N) is 1. The zero-order chi connectivity index (χ0) is 13.5. The molecule has 3 heteroatoms. The number of hydrogen-bond acceptors (Lipinski definition) is 2. The molecule has 0 bridgehead atoms.